The number of hydrogen-bond donors (Lipinski definition) is 1. The molecule has 0 saturated heterocycles. The van der Waals surface area contributed by atoms with Gasteiger partial charge in [-0.15, -0.1) is 0 Å². The minimum atomic E-state index is -1.23. The summed E-state index contributed by atoms with van der Waals surface area (Å²) >= 11 is 0. The molecule has 0 saturated carbocycles. The summed E-state index contributed by atoms with van der Waals surface area (Å²) in [5.41, 5.74) is 1.09. The summed E-state index contributed by atoms with van der Waals surface area (Å²) in [7, 11) is 0. The number of carbonyl (C=O) groups is 1. The summed E-state index contributed by atoms with van der Waals surface area (Å²) in [6, 6.07) is 5.31. The quantitative estimate of drug-likeness (QED) is 0.116. The molecular weight excluding hydrogens is 499 g/mol. The van der Waals surface area contributed by atoms with E-state index in [2.05, 4.69) is 6.92 Å². The van der Waals surface area contributed by atoms with Crippen LogP contribution in [0.5, 0.6) is 5.75 Å². The molecule has 0 aromatic heterocycles. The molecule has 10 heteroatoms. The first kappa shape index (κ1) is 37.8. The third kappa shape index (κ3) is 22.2. The number of aryl methyl sites for hydroxylation is 1. The van der Waals surface area contributed by atoms with Crippen molar-refractivity contribution in [2.45, 2.75) is 64.7 Å². The predicted octanol–water partition coefficient (Wildman–Crippen LogP) is 0.191. The van der Waals surface area contributed by atoms with Crippen molar-refractivity contribution in [2.24, 2.45) is 0 Å². The molecule has 1 rings (SSSR count). The normalized spacial score (nSPS) is 10.9. The van der Waals surface area contributed by atoms with Gasteiger partial charge in [0.2, 0.25) is 0 Å². The van der Waals surface area contributed by atoms with Crippen LogP contribution in [0.25, 0.3) is 0 Å². The average Bonchev–Trinajstić information content (AvgIpc) is 2.92. The Morgan fingerprint density at radius 1 is 0.692 bits per heavy atom. The molecule has 0 unspecified atom stereocenters. The predicted molar refractivity (Wildman–Crippen MR) is 144 cm³/mol. The van der Waals surface area contributed by atoms with Crippen molar-refractivity contribution in [1.29, 1.82) is 0 Å². The van der Waals surface area contributed by atoms with Crippen LogP contribution < -0.4 is 28.7 Å². The Bertz CT molecular complexity index is 691. The minimum Gasteiger partial charge on any atom is -0.545 e. The molecule has 0 aliphatic heterocycles. The summed E-state index contributed by atoms with van der Waals surface area (Å²) in [4.78, 5) is 11.6. The van der Waals surface area contributed by atoms with Crippen LogP contribution in [0.4, 0.5) is 0 Å². The Labute approximate surface area is 247 Å². The molecule has 0 heterocycles. The van der Waals surface area contributed by atoms with Gasteiger partial charge < -0.3 is 43.4 Å². The van der Waals surface area contributed by atoms with Gasteiger partial charge in [0.25, 0.3) is 0 Å². The van der Waals surface area contributed by atoms with Crippen molar-refractivity contribution in [2.75, 3.05) is 79.3 Å². The Kier molecular flexibility index (Phi) is 27.5. The average molecular weight is 549 g/mol. The summed E-state index contributed by atoms with van der Waals surface area (Å²) in [6.07, 6.45) is 10.8. The molecule has 0 atom stereocenters. The molecule has 0 aliphatic rings. The van der Waals surface area contributed by atoms with Crippen molar-refractivity contribution >= 4 is 5.97 Å². The molecule has 0 fully saturated rings. The van der Waals surface area contributed by atoms with Crippen molar-refractivity contribution in [1.82, 2.24) is 0 Å². The molecule has 0 aliphatic carbocycles. The first-order valence-corrected chi connectivity index (χ1v) is 14.2. The molecule has 0 amide bonds. The third-order valence-electron chi connectivity index (χ3n) is 5.79. The van der Waals surface area contributed by atoms with E-state index in [1.165, 1.54) is 38.5 Å². The molecule has 0 radical (unpaired) electrons. The number of benzene rings is 1. The second-order valence-corrected chi connectivity index (χ2v) is 8.98. The van der Waals surface area contributed by atoms with Crippen LogP contribution in [0.1, 0.15) is 74.2 Å². The van der Waals surface area contributed by atoms with Gasteiger partial charge in [0.15, 0.2) is 0 Å². The maximum Gasteiger partial charge on any atom is 1.00 e. The minimum absolute atomic E-state index is 0. The number of carbonyl (C=O) groups excluding carboxylic acids is 1. The van der Waals surface area contributed by atoms with Crippen LogP contribution in [-0.2, 0) is 30.1 Å². The second kappa shape index (κ2) is 28.4. The number of ether oxygens (including phenoxy) is 6. The maximum absolute atomic E-state index is 11.6. The van der Waals surface area contributed by atoms with Crippen molar-refractivity contribution < 1.29 is 62.3 Å². The van der Waals surface area contributed by atoms with Gasteiger partial charge in [0, 0.05) is 5.56 Å². The zero-order valence-electron chi connectivity index (χ0n) is 24.3. The van der Waals surface area contributed by atoms with Crippen LogP contribution in [0.2, 0.25) is 0 Å². The van der Waals surface area contributed by atoms with Crippen LogP contribution in [-0.4, -0.2) is 90.4 Å². The SMILES string of the molecule is CCCCCCCCCCc1ccc(OCCOCCOCCOCCOCCOCCO)c(C(=O)[O-])c1.[Li+]. The first-order chi connectivity index (χ1) is 18.7. The van der Waals surface area contributed by atoms with Gasteiger partial charge in [0.1, 0.15) is 12.4 Å². The molecule has 0 bridgehead atoms. The topological polar surface area (TPSA) is 116 Å². The number of aliphatic hydroxyl groups excluding tert-OH is 1. The number of unbranched alkanes of at least 4 members (excludes halogenated alkanes) is 7. The standard InChI is InChI=1S/C29H50O9.Li/c1-2-3-4-5-6-7-8-9-10-26-11-12-28(27(25-26)29(31)32)38-24-23-37-22-21-36-20-19-35-18-17-34-16-15-33-14-13-30;/h11-12,25,30H,2-10,13-24H2,1H3,(H,31,32);/q;+1/p-1. The number of hydrogen-bond acceptors (Lipinski definition) is 9. The molecule has 9 nitrogen and oxygen atoms in total. The van der Waals surface area contributed by atoms with Gasteiger partial charge in [-0.1, -0.05) is 57.9 Å². The van der Waals surface area contributed by atoms with E-state index in [4.69, 9.17) is 33.5 Å². The van der Waals surface area contributed by atoms with Gasteiger partial charge >= 0.3 is 18.9 Å². The van der Waals surface area contributed by atoms with Gasteiger partial charge in [-0.05, 0) is 30.5 Å². The number of carboxylic acids is 1. The zero-order valence-corrected chi connectivity index (χ0v) is 24.3. The van der Waals surface area contributed by atoms with Gasteiger partial charge in [0.05, 0.1) is 78.6 Å². The second-order valence-electron chi connectivity index (χ2n) is 8.98. The summed E-state index contributed by atoms with van der Waals surface area (Å²) in [6.45, 7) is 6.78. The molecule has 39 heavy (non-hydrogen) atoms. The van der Waals surface area contributed by atoms with Crippen molar-refractivity contribution in [3.8, 4) is 5.75 Å². The fraction of sp³-hybridized carbons (Fsp3) is 0.759. The van der Waals surface area contributed by atoms with Gasteiger partial charge in [-0.2, -0.15) is 0 Å². The number of aromatic carboxylic acids is 1. The molecule has 1 aromatic rings. The zero-order chi connectivity index (χ0) is 27.5. The van der Waals surface area contributed by atoms with E-state index in [1.807, 2.05) is 6.07 Å². The van der Waals surface area contributed by atoms with Crippen LogP contribution >= 0.6 is 0 Å². The van der Waals surface area contributed by atoms with Gasteiger partial charge in [-0.3, -0.25) is 0 Å². The van der Waals surface area contributed by atoms with E-state index in [9.17, 15) is 9.90 Å². The number of rotatable bonds is 28. The van der Waals surface area contributed by atoms with E-state index < -0.39 is 5.97 Å². The Morgan fingerprint density at radius 2 is 1.15 bits per heavy atom. The maximum atomic E-state index is 11.6. The smallest absolute Gasteiger partial charge is 0.545 e. The molecule has 1 aromatic carbocycles. The van der Waals surface area contributed by atoms with Crippen LogP contribution in [0, 0.1) is 0 Å². The van der Waals surface area contributed by atoms with E-state index in [-0.39, 0.29) is 37.6 Å². The van der Waals surface area contributed by atoms with Crippen LogP contribution in [0.15, 0.2) is 18.2 Å². The fourth-order valence-corrected chi connectivity index (χ4v) is 3.74. The van der Waals surface area contributed by atoms with Crippen LogP contribution in [0.3, 0.4) is 0 Å². The largest absolute Gasteiger partial charge is 1.00 e. The Hall–Kier alpha value is -1.15. The fourth-order valence-electron chi connectivity index (χ4n) is 3.74. The molecule has 220 valence electrons. The summed E-state index contributed by atoms with van der Waals surface area (Å²) in [5, 5.41) is 20.2. The Morgan fingerprint density at radius 3 is 1.64 bits per heavy atom. The van der Waals surface area contributed by atoms with E-state index in [0.29, 0.717) is 71.8 Å². The Balaban J connectivity index is 0.0000144. The number of carboxylic acid groups (broad SMARTS) is 1. The monoisotopic (exact) mass is 548 g/mol. The van der Waals surface area contributed by atoms with Gasteiger partial charge in [-0.25, -0.2) is 0 Å². The van der Waals surface area contributed by atoms with E-state index in [1.54, 1.807) is 12.1 Å². The summed E-state index contributed by atoms with van der Waals surface area (Å²) in [5.74, 6) is -0.920. The third-order valence-corrected chi connectivity index (χ3v) is 5.79. The first-order valence-electron chi connectivity index (χ1n) is 14.2. The molecule has 0 spiro atoms. The summed E-state index contributed by atoms with van der Waals surface area (Å²) < 4.78 is 32.3. The van der Waals surface area contributed by atoms with E-state index >= 15 is 0 Å². The van der Waals surface area contributed by atoms with E-state index in [0.717, 1.165) is 24.8 Å². The van der Waals surface area contributed by atoms with Crippen molar-refractivity contribution in [3.05, 3.63) is 29.3 Å². The van der Waals surface area contributed by atoms with Crippen molar-refractivity contribution in [3.63, 3.8) is 0 Å². The molecule has 1 N–H and O–H groups in total. The molecular formula is C29H49LiO9. The number of aliphatic hydroxyl groups is 1.